The fourth-order valence-electron chi connectivity index (χ4n) is 5.52. The molecule has 3 heterocycles. The molecule has 1 aliphatic rings. The van der Waals surface area contributed by atoms with Crippen LogP contribution in [0.4, 0.5) is 0 Å². The minimum absolute atomic E-state index is 0.325. The molecule has 56 heavy (non-hydrogen) atoms. The van der Waals surface area contributed by atoms with E-state index in [0.29, 0.717) is 64.4 Å². The second kappa shape index (κ2) is 23.5. The van der Waals surface area contributed by atoms with Crippen molar-refractivity contribution in [1.82, 2.24) is 9.97 Å². The molecule has 5 rings (SSSR count). The van der Waals surface area contributed by atoms with Crippen LogP contribution < -0.4 is 9.47 Å². The van der Waals surface area contributed by atoms with Crippen LogP contribution in [-0.4, -0.2) is 74.1 Å². The lowest BCUT2D eigenvalue weighted by Gasteiger charge is -2.31. The van der Waals surface area contributed by atoms with Gasteiger partial charge in [-0.1, -0.05) is 61.7 Å². The molecule has 2 aromatic heterocycles. The highest BCUT2D eigenvalue weighted by Crippen LogP contribution is 2.24. The van der Waals surface area contributed by atoms with Gasteiger partial charge >= 0.3 is 11.9 Å². The normalized spacial score (nSPS) is 15.1. The minimum Gasteiger partial charge on any atom is -0.492 e. The van der Waals surface area contributed by atoms with Crippen LogP contribution in [0.15, 0.2) is 111 Å². The average molecular weight is 767 g/mol. The number of rotatable bonds is 24. The molecule has 0 amide bonds. The summed E-state index contributed by atoms with van der Waals surface area (Å²) in [6, 6.07) is 23.7. The maximum atomic E-state index is 11.1. The number of carbonyl (C=O) groups excluding carboxylic acids is 2. The molecular weight excluding hydrogens is 716 g/mol. The van der Waals surface area contributed by atoms with E-state index < -0.39 is 24.5 Å². The number of ether oxygens (including phenoxy) is 8. The van der Waals surface area contributed by atoms with Crippen LogP contribution in [0.25, 0.3) is 22.5 Å². The number of hydrogen-bond acceptors (Lipinski definition) is 12. The summed E-state index contributed by atoms with van der Waals surface area (Å²) < 4.78 is 45.5. The monoisotopic (exact) mass is 766 g/mol. The lowest BCUT2D eigenvalue weighted by Crippen LogP contribution is -2.41. The summed E-state index contributed by atoms with van der Waals surface area (Å²) in [5.74, 6) is 0.622. The van der Waals surface area contributed by atoms with E-state index in [9.17, 15) is 9.59 Å². The number of benzene rings is 2. The largest absolute Gasteiger partial charge is 0.492 e. The second-order valence-corrected chi connectivity index (χ2v) is 12.8. The number of carbonyl (C=O) groups is 2. The van der Waals surface area contributed by atoms with Gasteiger partial charge in [-0.05, 0) is 73.9 Å². The Hall–Kier alpha value is -5.40. The van der Waals surface area contributed by atoms with Gasteiger partial charge in [-0.2, -0.15) is 0 Å². The zero-order valence-electron chi connectivity index (χ0n) is 31.7. The Morgan fingerprint density at radius 2 is 0.982 bits per heavy atom. The molecule has 2 atom stereocenters. The van der Waals surface area contributed by atoms with Crippen molar-refractivity contribution >= 4 is 11.9 Å². The molecule has 0 radical (unpaired) electrons. The van der Waals surface area contributed by atoms with Crippen molar-refractivity contribution in [3.63, 3.8) is 0 Å². The summed E-state index contributed by atoms with van der Waals surface area (Å²) in [5.41, 5.74) is 5.59. The molecule has 0 saturated carbocycles. The van der Waals surface area contributed by atoms with Gasteiger partial charge in [0.2, 0.25) is 12.6 Å². The summed E-state index contributed by atoms with van der Waals surface area (Å²) in [5, 5.41) is 0. The predicted molar refractivity (Wildman–Crippen MR) is 209 cm³/mol. The highest BCUT2D eigenvalue weighted by atomic mass is 16.8. The smallest absolute Gasteiger partial charge is 0.330 e. The van der Waals surface area contributed by atoms with Gasteiger partial charge in [-0.15, -0.1) is 0 Å². The van der Waals surface area contributed by atoms with E-state index in [4.69, 9.17) is 37.9 Å². The Morgan fingerprint density at radius 1 is 0.571 bits per heavy atom. The number of esters is 2. The molecule has 1 fully saturated rings. The highest BCUT2D eigenvalue weighted by molar-refractivity contribution is 5.81. The van der Waals surface area contributed by atoms with Crippen molar-refractivity contribution in [2.75, 3.05) is 39.6 Å². The summed E-state index contributed by atoms with van der Waals surface area (Å²) in [4.78, 5) is 31.3. The van der Waals surface area contributed by atoms with Crippen LogP contribution in [0.3, 0.4) is 0 Å². The molecule has 2 unspecified atom stereocenters. The third-order valence-electron chi connectivity index (χ3n) is 8.61. The molecule has 0 spiro atoms. The molecule has 4 aromatic rings. The van der Waals surface area contributed by atoms with Gasteiger partial charge in [0, 0.05) is 23.3 Å². The molecule has 12 nitrogen and oxygen atoms in total. The fourth-order valence-corrected chi connectivity index (χ4v) is 5.52. The van der Waals surface area contributed by atoms with Gasteiger partial charge in [0.05, 0.1) is 76.6 Å². The highest BCUT2D eigenvalue weighted by Gasteiger charge is 2.28. The number of hydrogen-bond donors (Lipinski definition) is 0. The van der Waals surface area contributed by atoms with Gasteiger partial charge in [0.1, 0.15) is 11.5 Å². The minimum atomic E-state index is -0.668. The van der Waals surface area contributed by atoms with E-state index in [1.165, 1.54) is 12.2 Å². The van der Waals surface area contributed by atoms with Gasteiger partial charge in [0.15, 0.2) is 0 Å². The van der Waals surface area contributed by atoms with E-state index in [-0.39, 0.29) is 0 Å². The van der Waals surface area contributed by atoms with E-state index >= 15 is 0 Å². The standard InChI is InChI=1S/C44H50N2O10/c1-3-41(47)51-25-9-5-7-23-49-37-19-21-39(45-29-37)35-15-11-33(12-16-35)31-55-43-44(54-28-27-53-43)56-32-34-13-17-36(18-14-34)40-22-20-38(30-46-40)50-24-8-6-10-26-52-42(48)4-2/h3-4,11-22,29-30,43-44H,1-2,5-10,23-28,31-32H2. The number of aromatic nitrogens is 2. The lowest BCUT2D eigenvalue weighted by atomic mass is 10.1. The van der Waals surface area contributed by atoms with Gasteiger partial charge in [0.25, 0.3) is 0 Å². The first kappa shape index (κ1) is 41.8. The average Bonchev–Trinajstić information content (AvgIpc) is 3.25. The Bertz CT molecular complexity index is 1650. The lowest BCUT2D eigenvalue weighted by molar-refractivity contribution is -0.326. The van der Waals surface area contributed by atoms with Crippen LogP contribution in [-0.2, 0) is 51.2 Å². The second-order valence-electron chi connectivity index (χ2n) is 12.8. The number of nitrogens with zero attached hydrogens (tertiary/aromatic N) is 2. The van der Waals surface area contributed by atoms with Crippen molar-refractivity contribution in [3.8, 4) is 34.0 Å². The third kappa shape index (κ3) is 14.3. The topological polar surface area (TPSA) is 134 Å². The van der Waals surface area contributed by atoms with Crippen LogP contribution in [0, 0.1) is 0 Å². The van der Waals surface area contributed by atoms with Gasteiger partial charge in [-0.3, -0.25) is 9.97 Å². The van der Waals surface area contributed by atoms with Crippen LogP contribution in [0.2, 0.25) is 0 Å². The van der Waals surface area contributed by atoms with Crippen LogP contribution in [0.1, 0.15) is 49.7 Å². The quantitative estimate of drug-likeness (QED) is 0.0391. The molecule has 296 valence electrons. The first-order valence-corrected chi connectivity index (χ1v) is 18.9. The molecular formula is C44H50N2O10. The molecule has 12 heteroatoms. The van der Waals surface area contributed by atoms with Crippen molar-refractivity contribution in [2.24, 2.45) is 0 Å². The summed E-state index contributed by atoms with van der Waals surface area (Å²) >= 11 is 0. The summed E-state index contributed by atoms with van der Waals surface area (Å²) in [6.45, 7) is 10.2. The van der Waals surface area contributed by atoms with Crippen LogP contribution in [0.5, 0.6) is 11.5 Å². The molecule has 0 aliphatic carbocycles. The Balaban J connectivity index is 0.992. The Kier molecular flexibility index (Phi) is 17.5. The maximum Gasteiger partial charge on any atom is 0.330 e. The maximum absolute atomic E-state index is 11.1. The molecule has 1 aliphatic heterocycles. The predicted octanol–water partition coefficient (Wildman–Crippen LogP) is 7.80. The van der Waals surface area contributed by atoms with Crippen LogP contribution >= 0.6 is 0 Å². The van der Waals surface area contributed by atoms with Crippen molar-refractivity contribution in [1.29, 1.82) is 0 Å². The molecule has 2 aromatic carbocycles. The number of unbranched alkanes of at least 4 members (excludes halogenated alkanes) is 4. The summed E-state index contributed by atoms with van der Waals surface area (Å²) in [6.07, 6.45) is 9.50. The zero-order chi connectivity index (χ0) is 39.2. The van der Waals surface area contributed by atoms with E-state index in [2.05, 4.69) is 23.1 Å². The molecule has 0 bridgehead atoms. The zero-order valence-corrected chi connectivity index (χ0v) is 31.7. The third-order valence-corrected chi connectivity index (χ3v) is 8.61. The van der Waals surface area contributed by atoms with Crippen molar-refractivity contribution in [2.45, 2.75) is 64.3 Å². The summed E-state index contributed by atoms with van der Waals surface area (Å²) in [7, 11) is 0. The Morgan fingerprint density at radius 3 is 1.36 bits per heavy atom. The number of pyridine rings is 2. The Labute approximate surface area is 328 Å². The molecule has 1 saturated heterocycles. The van der Waals surface area contributed by atoms with Crippen molar-refractivity contribution in [3.05, 3.63) is 122 Å². The van der Waals surface area contributed by atoms with E-state index in [1.807, 2.05) is 72.8 Å². The SMILES string of the molecule is C=CC(=O)OCCCCCOc1ccc(-c2ccc(COC3OCCOC3OCc3ccc(-c4ccc(OCCCCCOC(=O)C=C)cn4)cc3)cc2)nc1. The molecule has 0 N–H and O–H groups in total. The van der Waals surface area contributed by atoms with Gasteiger partial charge < -0.3 is 37.9 Å². The van der Waals surface area contributed by atoms with Gasteiger partial charge in [-0.25, -0.2) is 9.59 Å². The van der Waals surface area contributed by atoms with E-state index in [0.717, 1.165) is 72.2 Å². The first-order valence-electron chi connectivity index (χ1n) is 18.9. The first-order chi connectivity index (χ1) is 27.5. The van der Waals surface area contributed by atoms with E-state index in [1.54, 1.807) is 12.4 Å². The fraction of sp³-hybridized carbons (Fsp3) is 0.364. The van der Waals surface area contributed by atoms with Crippen molar-refractivity contribution < 1.29 is 47.5 Å².